The van der Waals surface area contributed by atoms with Crippen molar-refractivity contribution in [2.24, 2.45) is 0 Å². The molecular weight excluding hydrogens is 247 g/mol. The van der Waals surface area contributed by atoms with Crippen molar-refractivity contribution in [3.05, 3.63) is 51.1 Å². The van der Waals surface area contributed by atoms with Crippen molar-refractivity contribution in [2.75, 3.05) is 0 Å². The maximum atomic E-state index is 14.0. The van der Waals surface area contributed by atoms with E-state index in [2.05, 4.69) is 10.2 Å². The highest BCUT2D eigenvalue weighted by atomic mass is 19.1. The highest BCUT2D eigenvalue weighted by Crippen LogP contribution is 2.35. The lowest BCUT2D eigenvalue weighted by Crippen LogP contribution is -2.10. The van der Waals surface area contributed by atoms with Crippen LogP contribution in [0.15, 0.2) is 21.3 Å². The Bertz CT molecular complexity index is 645. The van der Waals surface area contributed by atoms with Crippen molar-refractivity contribution < 1.29 is 8.81 Å². The van der Waals surface area contributed by atoms with Crippen molar-refractivity contribution in [1.82, 2.24) is 10.2 Å². The zero-order valence-corrected chi connectivity index (χ0v) is 11.5. The molecule has 2 aromatic rings. The molecule has 2 rings (SSSR count). The van der Waals surface area contributed by atoms with E-state index >= 15 is 0 Å². The van der Waals surface area contributed by atoms with E-state index in [0.29, 0.717) is 11.5 Å². The fourth-order valence-electron chi connectivity index (χ4n) is 2.26. The van der Waals surface area contributed by atoms with Crippen LogP contribution in [0.2, 0.25) is 0 Å². The van der Waals surface area contributed by atoms with E-state index in [1.807, 2.05) is 27.7 Å². The molecule has 0 aliphatic rings. The van der Waals surface area contributed by atoms with Crippen LogP contribution in [0.25, 0.3) is 0 Å². The number of hydrogen-bond donors (Lipinski definition) is 1. The number of H-pyrrole nitrogens is 1. The van der Waals surface area contributed by atoms with Gasteiger partial charge in [0.25, 0.3) is 0 Å². The number of aromatic nitrogens is 2. The number of nitrogens with one attached hydrogen (secondary N) is 1. The van der Waals surface area contributed by atoms with Crippen LogP contribution in [-0.2, 0) is 0 Å². The van der Waals surface area contributed by atoms with Crippen LogP contribution in [0.1, 0.15) is 48.3 Å². The fourth-order valence-corrected chi connectivity index (χ4v) is 2.26. The average Bonchev–Trinajstić information content (AvgIpc) is 2.80. The summed E-state index contributed by atoms with van der Waals surface area (Å²) in [5.41, 5.74) is 2.62. The van der Waals surface area contributed by atoms with Gasteiger partial charge in [-0.3, -0.25) is 0 Å². The molecular formula is C14H17FN2O2. The zero-order chi connectivity index (χ0) is 14.2. The Kier molecular flexibility index (Phi) is 3.55. The summed E-state index contributed by atoms with van der Waals surface area (Å²) in [6.07, 6.45) is 0. The maximum absolute atomic E-state index is 14.0. The molecule has 0 bridgehead atoms. The lowest BCUT2D eigenvalue weighted by atomic mass is 9.84. The lowest BCUT2D eigenvalue weighted by Gasteiger charge is -2.21. The van der Waals surface area contributed by atoms with E-state index in [1.165, 1.54) is 6.07 Å². The number of aromatic amines is 1. The van der Waals surface area contributed by atoms with Crippen molar-refractivity contribution >= 4 is 0 Å². The smallest absolute Gasteiger partial charge is 0.392 e. The van der Waals surface area contributed by atoms with Gasteiger partial charge in [0.15, 0.2) is 0 Å². The number of aryl methyl sites for hydroxylation is 1. The molecule has 0 amide bonds. The van der Waals surface area contributed by atoms with Gasteiger partial charge in [-0.1, -0.05) is 19.9 Å². The molecule has 102 valence electrons. The number of nitrogens with zero attached hydrogens (tertiary/aromatic N) is 1. The van der Waals surface area contributed by atoms with Gasteiger partial charge in [-0.25, -0.2) is 14.3 Å². The predicted molar refractivity (Wildman–Crippen MR) is 69.8 cm³/mol. The molecule has 1 heterocycles. The van der Waals surface area contributed by atoms with E-state index in [4.69, 9.17) is 4.42 Å². The van der Waals surface area contributed by atoms with Gasteiger partial charge in [-0.05, 0) is 42.5 Å². The molecule has 5 heteroatoms. The fraction of sp³-hybridized carbons (Fsp3) is 0.429. The summed E-state index contributed by atoms with van der Waals surface area (Å²) >= 11 is 0. The van der Waals surface area contributed by atoms with E-state index in [0.717, 1.165) is 11.1 Å². The highest BCUT2D eigenvalue weighted by Gasteiger charge is 2.25. The van der Waals surface area contributed by atoms with E-state index in [1.54, 1.807) is 6.07 Å². The number of halogens is 1. The average molecular weight is 264 g/mol. The van der Waals surface area contributed by atoms with Gasteiger partial charge in [-0.2, -0.15) is 0 Å². The first-order valence-electron chi connectivity index (χ1n) is 6.22. The molecule has 2 atom stereocenters. The number of benzene rings is 1. The molecule has 0 radical (unpaired) electrons. The summed E-state index contributed by atoms with van der Waals surface area (Å²) in [6.45, 7) is 7.62. The Morgan fingerprint density at radius 3 is 2.53 bits per heavy atom. The summed E-state index contributed by atoms with van der Waals surface area (Å²) in [4.78, 5) is 11.0. The monoisotopic (exact) mass is 264 g/mol. The van der Waals surface area contributed by atoms with Gasteiger partial charge in [0.1, 0.15) is 5.82 Å². The van der Waals surface area contributed by atoms with Crippen molar-refractivity contribution in [3.8, 4) is 0 Å². The Labute approximate surface area is 110 Å². The van der Waals surface area contributed by atoms with Gasteiger partial charge in [0, 0.05) is 5.92 Å². The maximum Gasteiger partial charge on any atom is 0.434 e. The van der Waals surface area contributed by atoms with Crippen LogP contribution in [0.4, 0.5) is 4.39 Å². The molecule has 0 aliphatic heterocycles. The first-order chi connectivity index (χ1) is 8.91. The van der Waals surface area contributed by atoms with Gasteiger partial charge in [-0.15, -0.1) is 5.10 Å². The molecule has 0 spiro atoms. The molecule has 0 saturated heterocycles. The highest BCUT2D eigenvalue weighted by molar-refractivity contribution is 5.37. The third-order valence-corrected chi connectivity index (χ3v) is 3.78. The second-order valence-electron chi connectivity index (χ2n) is 4.93. The van der Waals surface area contributed by atoms with Crippen LogP contribution < -0.4 is 5.76 Å². The minimum Gasteiger partial charge on any atom is -0.392 e. The first kappa shape index (κ1) is 13.5. The van der Waals surface area contributed by atoms with Gasteiger partial charge in [0.05, 0.1) is 0 Å². The Morgan fingerprint density at radius 1 is 1.26 bits per heavy atom. The number of hydrogen-bond acceptors (Lipinski definition) is 3. The quantitative estimate of drug-likeness (QED) is 0.927. The third kappa shape index (κ3) is 2.45. The second kappa shape index (κ2) is 4.99. The van der Waals surface area contributed by atoms with Gasteiger partial charge < -0.3 is 4.42 Å². The Morgan fingerprint density at radius 2 is 1.95 bits per heavy atom. The van der Waals surface area contributed by atoms with E-state index < -0.39 is 5.76 Å². The van der Waals surface area contributed by atoms with Crippen LogP contribution in [0.3, 0.4) is 0 Å². The molecule has 0 aliphatic carbocycles. The van der Waals surface area contributed by atoms with E-state index in [9.17, 15) is 9.18 Å². The molecule has 0 saturated carbocycles. The molecule has 1 N–H and O–H groups in total. The van der Waals surface area contributed by atoms with Crippen molar-refractivity contribution in [3.63, 3.8) is 0 Å². The lowest BCUT2D eigenvalue weighted by molar-refractivity contribution is 0.405. The standard InChI is InChI=1S/C14H17FN2O2/c1-7-5-6-11(15)12(8(7)2)9(3)10(4)13-16-17-14(18)19-13/h5-6,9-10H,1-4H3,(H,17,18)/t9?,10-/m0/s1. The summed E-state index contributed by atoms with van der Waals surface area (Å²) in [6, 6.07) is 3.24. The summed E-state index contributed by atoms with van der Waals surface area (Å²) in [7, 11) is 0. The predicted octanol–water partition coefficient (Wildman–Crippen LogP) is 3.03. The SMILES string of the molecule is Cc1ccc(F)c(C(C)[C@H](C)c2n[nH]c(=O)o2)c1C. The largest absolute Gasteiger partial charge is 0.434 e. The van der Waals surface area contributed by atoms with Crippen LogP contribution >= 0.6 is 0 Å². The molecule has 19 heavy (non-hydrogen) atoms. The second-order valence-corrected chi connectivity index (χ2v) is 4.93. The summed E-state index contributed by atoms with van der Waals surface area (Å²) in [5.74, 6) is -0.839. The molecule has 0 fully saturated rings. The minimum atomic E-state index is -0.588. The molecule has 1 aromatic heterocycles. The molecule has 1 aromatic carbocycles. The topological polar surface area (TPSA) is 58.9 Å². The first-order valence-corrected chi connectivity index (χ1v) is 6.22. The Hall–Kier alpha value is -1.91. The third-order valence-electron chi connectivity index (χ3n) is 3.78. The number of rotatable bonds is 3. The van der Waals surface area contributed by atoms with Crippen LogP contribution in [0.5, 0.6) is 0 Å². The van der Waals surface area contributed by atoms with Crippen LogP contribution in [-0.4, -0.2) is 10.2 Å². The van der Waals surface area contributed by atoms with Gasteiger partial charge in [0.2, 0.25) is 5.89 Å². The van der Waals surface area contributed by atoms with E-state index in [-0.39, 0.29) is 17.7 Å². The van der Waals surface area contributed by atoms with Crippen molar-refractivity contribution in [1.29, 1.82) is 0 Å². The minimum absolute atomic E-state index is 0.133. The normalized spacial score (nSPS) is 14.4. The summed E-state index contributed by atoms with van der Waals surface area (Å²) < 4.78 is 19.0. The van der Waals surface area contributed by atoms with Gasteiger partial charge >= 0.3 is 5.76 Å². The summed E-state index contributed by atoms with van der Waals surface area (Å²) in [5, 5.41) is 6.05. The van der Waals surface area contributed by atoms with Crippen LogP contribution in [0, 0.1) is 19.7 Å². The van der Waals surface area contributed by atoms with Crippen molar-refractivity contribution in [2.45, 2.75) is 39.5 Å². The molecule has 4 nitrogen and oxygen atoms in total. The zero-order valence-electron chi connectivity index (χ0n) is 11.5. The molecule has 1 unspecified atom stereocenters. The Balaban J connectivity index is 2.42.